The third-order valence-electron chi connectivity index (χ3n) is 3.53. The first kappa shape index (κ1) is 17.0. The Hall–Kier alpha value is -2.33. The molecule has 0 aliphatic heterocycles. The lowest BCUT2D eigenvalue weighted by molar-refractivity contribution is 0.0696. The first-order valence-corrected chi connectivity index (χ1v) is 8.21. The number of nitrogens with zero attached hydrogens (tertiary/aromatic N) is 4. The lowest BCUT2D eigenvalue weighted by atomic mass is 10.1. The number of hydrogen-bond acceptors (Lipinski definition) is 6. The average molecular weight is 339 g/mol. The number of nitrogens with one attached hydrogen (secondary N) is 1. The monoisotopic (exact) mass is 339 g/mol. The number of aromatic carboxylic acids is 1. The first-order valence-electron chi connectivity index (χ1n) is 6.72. The van der Waals surface area contributed by atoms with E-state index in [1.165, 1.54) is 10.7 Å². The quantitative estimate of drug-likeness (QED) is 0.815. The molecule has 1 heterocycles. The van der Waals surface area contributed by atoms with Gasteiger partial charge in [0.05, 0.1) is 16.5 Å². The van der Waals surface area contributed by atoms with Gasteiger partial charge in [0.1, 0.15) is 0 Å². The molecule has 0 bridgehead atoms. The molecule has 1 atom stereocenters. The molecule has 9 nitrogen and oxygen atoms in total. The van der Waals surface area contributed by atoms with E-state index in [1.807, 2.05) is 0 Å². The van der Waals surface area contributed by atoms with Crippen LogP contribution in [0.3, 0.4) is 0 Å². The molecule has 0 saturated heterocycles. The van der Waals surface area contributed by atoms with E-state index < -0.39 is 22.0 Å². The Morgan fingerprint density at radius 3 is 2.52 bits per heavy atom. The van der Waals surface area contributed by atoms with Gasteiger partial charge in [-0.1, -0.05) is 0 Å². The number of carboxylic acids is 1. The van der Waals surface area contributed by atoms with Crippen molar-refractivity contribution in [2.75, 3.05) is 0 Å². The van der Waals surface area contributed by atoms with Crippen molar-refractivity contribution in [3.05, 3.63) is 34.6 Å². The van der Waals surface area contributed by atoms with Crippen LogP contribution >= 0.6 is 0 Å². The van der Waals surface area contributed by atoms with Gasteiger partial charge in [0.15, 0.2) is 5.82 Å². The van der Waals surface area contributed by atoms with Gasteiger partial charge in [0, 0.05) is 7.05 Å². The van der Waals surface area contributed by atoms with Crippen molar-refractivity contribution in [1.29, 1.82) is 0 Å². The number of carboxylic acid groups (broad SMARTS) is 1. The molecule has 0 radical (unpaired) electrons. The van der Waals surface area contributed by atoms with Crippen LogP contribution in [0.2, 0.25) is 0 Å². The summed E-state index contributed by atoms with van der Waals surface area (Å²) in [6.45, 7) is 4.90. The molecule has 1 aromatic carbocycles. The van der Waals surface area contributed by atoms with Gasteiger partial charge in [-0.15, -0.1) is 5.10 Å². The second-order valence-corrected chi connectivity index (χ2v) is 6.91. The molecule has 10 heteroatoms. The van der Waals surface area contributed by atoms with Crippen molar-refractivity contribution < 1.29 is 18.3 Å². The zero-order valence-electron chi connectivity index (χ0n) is 13.1. The summed E-state index contributed by atoms with van der Waals surface area (Å²) in [6, 6.07) is 1.91. The van der Waals surface area contributed by atoms with Gasteiger partial charge in [0.2, 0.25) is 10.0 Å². The summed E-state index contributed by atoms with van der Waals surface area (Å²) >= 11 is 0. The van der Waals surface area contributed by atoms with Gasteiger partial charge in [-0.3, -0.25) is 0 Å². The number of hydrogen-bond donors (Lipinski definition) is 2. The number of rotatable bonds is 5. The van der Waals surface area contributed by atoms with E-state index in [-0.39, 0.29) is 10.5 Å². The van der Waals surface area contributed by atoms with Crippen molar-refractivity contribution >= 4 is 16.0 Å². The Bertz CT molecular complexity index is 859. The number of carbonyl (C=O) groups is 1. The second kappa shape index (κ2) is 6.05. The standard InChI is InChI=1S/C13H17N5O4S/c1-7-5-10(13(19)20)6-11(8(7)2)23(21,22)15-9(3)12-14-16-17-18(12)4/h5-6,9,15H,1-4H3,(H,19,20)/t9-/m1/s1. The summed E-state index contributed by atoms with van der Waals surface area (Å²) in [6.07, 6.45) is 0. The Morgan fingerprint density at radius 1 is 1.35 bits per heavy atom. The molecule has 124 valence electrons. The number of sulfonamides is 1. The van der Waals surface area contributed by atoms with E-state index in [0.717, 1.165) is 6.07 Å². The van der Waals surface area contributed by atoms with E-state index in [1.54, 1.807) is 27.8 Å². The lowest BCUT2D eigenvalue weighted by Crippen LogP contribution is -2.29. The summed E-state index contributed by atoms with van der Waals surface area (Å²) in [5.41, 5.74) is 0.991. The molecule has 0 saturated carbocycles. The molecule has 2 rings (SSSR count). The van der Waals surface area contributed by atoms with Crippen molar-refractivity contribution in [3.63, 3.8) is 0 Å². The fourth-order valence-electron chi connectivity index (χ4n) is 2.18. The maximum atomic E-state index is 12.6. The van der Waals surface area contributed by atoms with Crippen molar-refractivity contribution in [2.45, 2.75) is 31.7 Å². The predicted octanol–water partition coefficient (Wildman–Crippen LogP) is 0.565. The van der Waals surface area contributed by atoms with E-state index in [9.17, 15) is 13.2 Å². The van der Waals surface area contributed by atoms with Gasteiger partial charge in [-0.25, -0.2) is 22.6 Å². The van der Waals surface area contributed by atoms with Crippen LogP contribution < -0.4 is 4.72 Å². The highest BCUT2D eigenvalue weighted by molar-refractivity contribution is 7.89. The zero-order chi connectivity index (χ0) is 17.4. The summed E-state index contributed by atoms with van der Waals surface area (Å²) in [7, 11) is -2.34. The third kappa shape index (κ3) is 3.37. The Morgan fingerprint density at radius 2 is 2.00 bits per heavy atom. The topological polar surface area (TPSA) is 127 Å². The molecule has 0 amide bonds. The van der Waals surface area contributed by atoms with Crippen LogP contribution in [0.1, 0.15) is 40.3 Å². The van der Waals surface area contributed by atoms with Crippen LogP contribution in [0.15, 0.2) is 17.0 Å². The molecule has 0 aliphatic carbocycles. The first-order chi connectivity index (χ1) is 10.6. The minimum Gasteiger partial charge on any atom is -0.478 e. The Labute approximate surface area is 133 Å². The number of aryl methyl sites for hydroxylation is 2. The van der Waals surface area contributed by atoms with E-state index in [0.29, 0.717) is 17.0 Å². The summed E-state index contributed by atoms with van der Waals surface area (Å²) in [5, 5.41) is 20.0. The fraction of sp³-hybridized carbons (Fsp3) is 0.385. The van der Waals surface area contributed by atoms with Crippen LogP contribution in [-0.4, -0.2) is 39.7 Å². The summed E-state index contributed by atoms with van der Waals surface area (Å²) in [4.78, 5) is 11.1. The predicted molar refractivity (Wildman–Crippen MR) is 80.4 cm³/mol. The smallest absolute Gasteiger partial charge is 0.335 e. The number of tetrazole rings is 1. The minimum absolute atomic E-state index is 0.0723. The zero-order valence-corrected chi connectivity index (χ0v) is 13.9. The van der Waals surface area contributed by atoms with E-state index >= 15 is 0 Å². The van der Waals surface area contributed by atoms with E-state index in [2.05, 4.69) is 20.2 Å². The molecule has 2 aromatic rings. The highest BCUT2D eigenvalue weighted by atomic mass is 32.2. The van der Waals surface area contributed by atoms with Gasteiger partial charge >= 0.3 is 5.97 Å². The van der Waals surface area contributed by atoms with Crippen LogP contribution in [-0.2, 0) is 17.1 Å². The van der Waals surface area contributed by atoms with Gasteiger partial charge in [-0.2, -0.15) is 0 Å². The molecular formula is C13H17N5O4S. The van der Waals surface area contributed by atoms with E-state index in [4.69, 9.17) is 5.11 Å². The molecule has 0 spiro atoms. The highest BCUT2D eigenvalue weighted by Gasteiger charge is 2.25. The summed E-state index contributed by atoms with van der Waals surface area (Å²) in [5.74, 6) is -0.840. The summed E-state index contributed by atoms with van der Waals surface area (Å²) < 4.78 is 29.1. The van der Waals surface area contributed by atoms with Gasteiger partial charge < -0.3 is 5.11 Å². The second-order valence-electron chi connectivity index (χ2n) is 5.23. The van der Waals surface area contributed by atoms with Crippen LogP contribution in [0.25, 0.3) is 0 Å². The Balaban J connectivity index is 2.44. The van der Waals surface area contributed by atoms with Crippen molar-refractivity contribution in [3.8, 4) is 0 Å². The SMILES string of the molecule is Cc1cc(C(=O)O)cc(S(=O)(=O)N[C@H](C)c2nnnn2C)c1C. The Kier molecular flexibility index (Phi) is 4.48. The minimum atomic E-state index is -3.93. The van der Waals surface area contributed by atoms with Crippen molar-refractivity contribution in [1.82, 2.24) is 24.9 Å². The van der Waals surface area contributed by atoms with Crippen LogP contribution in [0.5, 0.6) is 0 Å². The fourth-order valence-corrected chi connectivity index (χ4v) is 3.73. The van der Waals surface area contributed by atoms with Crippen molar-refractivity contribution in [2.24, 2.45) is 7.05 Å². The highest BCUT2D eigenvalue weighted by Crippen LogP contribution is 2.23. The largest absolute Gasteiger partial charge is 0.478 e. The van der Waals surface area contributed by atoms with Gasteiger partial charge in [0.25, 0.3) is 0 Å². The number of aromatic nitrogens is 4. The molecule has 1 aromatic heterocycles. The maximum Gasteiger partial charge on any atom is 0.335 e. The molecule has 23 heavy (non-hydrogen) atoms. The normalized spacial score (nSPS) is 13.0. The maximum absolute atomic E-state index is 12.6. The lowest BCUT2D eigenvalue weighted by Gasteiger charge is -2.16. The third-order valence-corrected chi connectivity index (χ3v) is 5.20. The molecule has 0 fully saturated rings. The molecule has 2 N–H and O–H groups in total. The van der Waals surface area contributed by atoms with Gasteiger partial charge in [-0.05, 0) is 54.5 Å². The molecular weight excluding hydrogens is 322 g/mol. The van der Waals surface area contributed by atoms with Crippen LogP contribution in [0.4, 0.5) is 0 Å². The van der Waals surface area contributed by atoms with Crippen LogP contribution in [0, 0.1) is 13.8 Å². The average Bonchev–Trinajstić information content (AvgIpc) is 2.87. The molecule has 0 unspecified atom stereocenters. The molecule has 0 aliphatic rings. The number of benzene rings is 1.